The lowest BCUT2D eigenvalue weighted by molar-refractivity contribution is 0.418. The number of ether oxygens (including phenoxy) is 1. The van der Waals surface area contributed by atoms with Crippen LogP contribution in [0.25, 0.3) is 21.6 Å². The Bertz CT molecular complexity index is 759. The van der Waals surface area contributed by atoms with Crippen LogP contribution in [0.4, 0.5) is 4.39 Å². The van der Waals surface area contributed by atoms with Gasteiger partial charge in [0, 0.05) is 5.39 Å². The fourth-order valence-corrected chi connectivity index (χ4v) is 2.81. The summed E-state index contributed by atoms with van der Waals surface area (Å²) < 4.78 is 18.4. The molecule has 0 radical (unpaired) electrons. The molecule has 0 fully saturated rings. The van der Waals surface area contributed by atoms with E-state index in [2.05, 4.69) is 9.97 Å². The molecule has 2 heterocycles. The molecule has 3 nitrogen and oxygen atoms in total. The molecule has 0 bridgehead atoms. The molecule has 0 aliphatic heterocycles. The van der Waals surface area contributed by atoms with E-state index in [1.54, 1.807) is 13.2 Å². The molecule has 1 aromatic carbocycles. The number of halogens is 2. The summed E-state index contributed by atoms with van der Waals surface area (Å²) in [5.74, 6) is 0.818. The van der Waals surface area contributed by atoms with Crippen LogP contribution in [-0.2, 0) is 0 Å². The van der Waals surface area contributed by atoms with Crippen LogP contribution in [0.5, 0.6) is 5.75 Å². The van der Waals surface area contributed by atoms with Crippen molar-refractivity contribution in [1.29, 1.82) is 0 Å². The van der Waals surface area contributed by atoms with Crippen molar-refractivity contribution in [3.63, 3.8) is 0 Å². The van der Waals surface area contributed by atoms with Crippen LogP contribution in [-0.4, -0.2) is 17.1 Å². The lowest BCUT2D eigenvalue weighted by Crippen LogP contribution is -1.92. The molecule has 6 heteroatoms. The molecular weight excluding hydrogens is 287 g/mol. The van der Waals surface area contributed by atoms with Crippen molar-refractivity contribution in [1.82, 2.24) is 9.97 Å². The van der Waals surface area contributed by atoms with Gasteiger partial charge in [-0.25, -0.2) is 14.4 Å². The minimum absolute atomic E-state index is 0.231. The molecule has 3 aromatic rings. The lowest BCUT2D eigenvalue weighted by Gasteiger charge is -2.05. The van der Waals surface area contributed by atoms with Crippen LogP contribution >= 0.6 is 22.9 Å². The molecule has 0 amide bonds. The summed E-state index contributed by atoms with van der Waals surface area (Å²) in [6.45, 7) is 0. The highest BCUT2D eigenvalue weighted by molar-refractivity contribution is 7.13. The predicted molar refractivity (Wildman–Crippen MR) is 74.4 cm³/mol. The number of methoxy groups -OCH3 is 1. The van der Waals surface area contributed by atoms with E-state index in [1.165, 1.54) is 23.5 Å². The third-order valence-corrected chi connectivity index (χ3v) is 3.84. The Morgan fingerprint density at radius 2 is 2.11 bits per heavy atom. The Labute approximate surface area is 117 Å². The van der Waals surface area contributed by atoms with Gasteiger partial charge in [0.05, 0.1) is 12.6 Å². The first kappa shape index (κ1) is 12.3. The molecule has 0 saturated heterocycles. The number of fused-ring (bicyclic) bond motifs is 1. The molecule has 0 aliphatic carbocycles. The van der Waals surface area contributed by atoms with Crippen molar-refractivity contribution in [3.05, 3.63) is 40.6 Å². The van der Waals surface area contributed by atoms with Crippen molar-refractivity contribution < 1.29 is 9.13 Å². The van der Waals surface area contributed by atoms with Crippen molar-refractivity contribution in [2.24, 2.45) is 0 Å². The smallest absolute Gasteiger partial charge is 0.175 e. The molecule has 0 spiro atoms. The highest BCUT2D eigenvalue weighted by atomic mass is 35.5. The number of hydrogen-bond acceptors (Lipinski definition) is 4. The summed E-state index contributed by atoms with van der Waals surface area (Å²) in [6.07, 6.45) is 0. The Morgan fingerprint density at radius 1 is 1.26 bits per heavy atom. The second kappa shape index (κ2) is 4.75. The second-order valence-electron chi connectivity index (χ2n) is 3.82. The van der Waals surface area contributed by atoms with E-state index in [-0.39, 0.29) is 11.0 Å². The molecule has 19 heavy (non-hydrogen) atoms. The molecule has 0 N–H and O–H groups in total. The van der Waals surface area contributed by atoms with E-state index < -0.39 is 0 Å². The third-order valence-electron chi connectivity index (χ3n) is 2.66. The average Bonchev–Trinajstić information content (AvgIpc) is 2.87. The highest BCUT2D eigenvalue weighted by Gasteiger charge is 2.13. The summed E-state index contributed by atoms with van der Waals surface area (Å²) in [5.41, 5.74) is 0.604. The summed E-state index contributed by atoms with van der Waals surface area (Å²) in [6, 6.07) is 6.10. The first-order chi connectivity index (χ1) is 9.19. The van der Waals surface area contributed by atoms with Crippen LogP contribution in [0.2, 0.25) is 5.15 Å². The van der Waals surface area contributed by atoms with Crippen LogP contribution < -0.4 is 4.74 Å². The summed E-state index contributed by atoms with van der Waals surface area (Å²) in [7, 11) is 1.59. The number of thiophene rings is 1. The van der Waals surface area contributed by atoms with Crippen molar-refractivity contribution >= 4 is 33.8 Å². The van der Waals surface area contributed by atoms with E-state index in [1.807, 2.05) is 11.4 Å². The zero-order valence-electron chi connectivity index (χ0n) is 9.85. The van der Waals surface area contributed by atoms with E-state index in [9.17, 15) is 4.39 Å². The Balaban J connectivity index is 2.24. The first-order valence-corrected chi connectivity index (χ1v) is 6.69. The SMILES string of the molecule is COc1ccsc1-c1nc(Cl)c2cc(F)ccc2n1. The van der Waals surface area contributed by atoms with Gasteiger partial charge in [-0.15, -0.1) is 11.3 Å². The molecule has 3 rings (SSSR count). The van der Waals surface area contributed by atoms with Gasteiger partial charge in [0.1, 0.15) is 21.6 Å². The predicted octanol–water partition coefficient (Wildman–Crippen LogP) is 4.16. The molecule has 2 aromatic heterocycles. The second-order valence-corrected chi connectivity index (χ2v) is 5.09. The zero-order chi connectivity index (χ0) is 13.4. The van der Waals surface area contributed by atoms with Gasteiger partial charge in [0.15, 0.2) is 5.82 Å². The molecule has 96 valence electrons. The topological polar surface area (TPSA) is 35.0 Å². The Hall–Kier alpha value is -1.72. The van der Waals surface area contributed by atoms with E-state index >= 15 is 0 Å². The van der Waals surface area contributed by atoms with Gasteiger partial charge in [0.25, 0.3) is 0 Å². The van der Waals surface area contributed by atoms with Gasteiger partial charge in [-0.2, -0.15) is 0 Å². The van der Waals surface area contributed by atoms with Crippen molar-refractivity contribution in [2.75, 3.05) is 7.11 Å². The standard InChI is InChI=1S/C13H8ClFN2OS/c1-18-10-4-5-19-11(10)13-16-9-3-2-7(15)6-8(9)12(14)17-13/h2-6H,1H3. The number of hydrogen-bond donors (Lipinski definition) is 0. The Kier molecular flexibility index (Phi) is 3.08. The fraction of sp³-hybridized carbons (Fsp3) is 0.0769. The van der Waals surface area contributed by atoms with Crippen molar-refractivity contribution in [2.45, 2.75) is 0 Å². The van der Waals surface area contributed by atoms with E-state index in [4.69, 9.17) is 16.3 Å². The maximum absolute atomic E-state index is 13.2. The average molecular weight is 295 g/mol. The maximum atomic E-state index is 13.2. The zero-order valence-corrected chi connectivity index (χ0v) is 11.4. The van der Waals surface area contributed by atoms with Crippen LogP contribution in [0.1, 0.15) is 0 Å². The number of benzene rings is 1. The molecule has 0 atom stereocenters. The van der Waals surface area contributed by atoms with Gasteiger partial charge in [-0.1, -0.05) is 11.6 Å². The number of nitrogens with zero attached hydrogens (tertiary/aromatic N) is 2. The lowest BCUT2D eigenvalue weighted by atomic mass is 10.2. The van der Waals surface area contributed by atoms with E-state index in [0.717, 1.165) is 4.88 Å². The van der Waals surface area contributed by atoms with E-state index in [0.29, 0.717) is 22.5 Å². The molecular formula is C13H8ClFN2OS. The highest BCUT2D eigenvalue weighted by Crippen LogP contribution is 2.35. The Morgan fingerprint density at radius 3 is 2.89 bits per heavy atom. The van der Waals surface area contributed by atoms with Crippen LogP contribution in [0.15, 0.2) is 29.6 Å². The van der Waals surface area contributed by atoms with Gasteiger partial charge in [0.2, 0.25) is 0 Å². The summed E-state index contributed by atoms with van der Waals surface area (Å²) in [5, 5.41) is 2.62. The normalized spacial score (nSPS) is 10.9. The monoisotopic (exact) mass is 294 g/mol. The van der Waals surface area contributed by atoms with Gasteiger partial charge in [-0.05, 0) is 29.6 Å². The molecule has 0 saturated carbocycles. The first-order valence-electron chi connectivity index (χ1n) is 5.43. The quantitative estimate of drug-likeness (QED) is 0.666. The van der Waals surface area contributed by atoms with Crippen LogP contribution in [0, 0.1) is 5.82 Å². The van der Waals surface area contributed by atoms with Crippen LogP contribution in [0.3, 0.4) is 0 Å². The summed E-state index contributed by atoms with van der Waals surface area (Å²) in [4.78, 5) is 9.41. The minimum atomic E-state index is -0.362. The minimum Gasteiger partial charge on any atom is -0.495 e. The number of rotatable bonds is 2. The maximum Gasteiger partial charge on any atom is 0.175 e. The van der Waals surface area contributed by atoms with Crippen molar-refractivity contribution in [3.8, 4) is 16.5 Å². The largest absolute Gasteiger partial charge is 0.495 e. The molecule has 0 unspecified atom stereocenters. The third kappa shape index (κ3) is 2.15. The van der Waals surface area contributed by atoms with Gasteiger partial charge in [-0.3, -0.25) is 0 Å². The number of aromatic nitrogens is 2. The van der Waals surface area contributed by atoms with Gasteiger partial charge >= 0.3 is 0 Å². The molecule has 0 aliphatic rings. The summed E-state index contributed by atoms with van der Waals surface area (Å²) >= 11 is 7.56. The fourth-order valence-electron chi connectivity index (χ4n) is 1.79. The van der Waals surface area contributed by atoms with Gasteiger partial charge < -0.3 is 4.74 Å².